The standard InChI is InChI=1S/C21H20BrN3O2S2/c1-4-24-16-12-15(27-3)10-11-17(16)28-20(24)18-19(26)25(5-2)21(29-18)23-14-8-6-13(22)7-9-14/h6-12H,4-5H2,1-3H3/b20-18+,23-21?. The van der Waals surface area contributed by atoms with Crippen LogP contribution in [0.3, 0.4) is 0 Å². The van der Waals surface area contributed by atoms with Crippen molar-refractivity contribution in [1.82, 2.24) is 4.90 Å². The highest BCUT2D eigenvalue weighted by atomic mass is 79.9. The van der Waals surface area contributed by atoms with Crippen LogP contribution in [0.2, 0.25) is 0 Å². The lowest BCUT2D eigenvalue weighted by atomic mass is 10.2. The third kappa shape index (κ3) is 3.81. The first-order valence-corrected chi connectivity index (χ1v) is 11.7. The molecule has 1 saturated heterocycles. The van der Waals surface area contributed by atoms with E-state index in [0.29, 0.717) is 11.7 Å². The summed E-state index contributed by atoms with van der Waals surface area (Å²) in [6.07, 6.45) is 0. The van der Waals surface area contributed by atoms with Crippen LogP contribution < -0.4 is 9.64 Å². The summed E-state index contributed by atoms with van der Waals surface area (Å²) in [6.45, 7) is 5.41. The van der Waals surface area contributed by atoms with Gasteiger partial charge in [0.1, 0.15) is 15.7 Å². The quantitative estimate of drug-likeness (QED) is 0.504. The van der Waals surface area contributed by atoms with Crippen molar-refractivity contribution in [3.05, 3.63) is 56.9 Å². The molecule has 0 aromatic heterocycles. The molecule has 1 fully saturated rings. The second-order valence-corrected chi connectivity index (χ2v) is 9.26. The van der Waals surface area contributed by atoms with Crippen molar-refractivity contribution in [3.63, 3.8) is 0 Å². The zero-order valence-electron chi connectivity index (χ0n) is 16.3. The van der Waals surface area contributed by atoms with Crippen molar-refractivity contribution in [1.29, 1.82) is 0 Å². The van der Waals surface area contributed by atoms with Gasteiger partial charge in [-0.3, -0.25) is 9.69 Å². The molecule has 2 aliphatic rings. The van der Waals surface area contributed by atoms with Gasteiger partial charge in [-0.1, -0.05) is 27.7 Å². The molecule has 2 heterocycles. The number of halogens is 1. The largest absolute Gasteiger partial charge is 0.497 e. The van der Waals surface area contributed by atoms with Crippen LogP contribution in [0.5, 0.6) is 5.75 Å². The molecule has 0 unspecified atom stereocenters. The maximum absolute atomic E-state index is 13.2. The molecule has 8 heteroatoms. The maximum atomic E-state index is 13.2. The molecule has 0 N–H and O–H groups in total. The normalized spacial score (nSPS) is 20.0. The summed E-state index contributed by atoms with van der Waals surface area (Å²) in [5.74, 6) is 0.821. The molecule has 29 heavy (non-hydrogen) atoms. The highest BCUT2D eigenvalue weighted by molar-refractivity contribution is 9.10. The molecular weight excluding hydrogens is 470 g/mol. The van der Waals surface area contributed by atoms with Gasteiger partial charge in [-0.05, 0) is 62.0 Å². The Balaban J connectivity index is 1.73. The Morgan fingerprint density at radius 3 is 2.41 bits per heavy atom. The molecule has 2 aromatic carbocycles. The number of nitrogens with zero attached hydrogens (tertiary/aromatic N) is 3. The number of fused-ring (bicyclic) bond motifs is 1. The van der Waals surface area contributed by atoms with Crippen LogP contribution in [0.15, 0.2) is 66.8 Å². The number of carbonyl (C=O) groups is 1. The number of hydrogen-bond acceptors (Lipinski definition) is 6. The number of hydrogen-bond donors (Lipinski definition) is 0. The fraction of sp³-hybridized carbons (Fsp3) is 0.238. The number of benzene rings is 2. The Bertz CT molecular complexity index is 1020. The number of amidine groups is 1. The molecule has 150 valence electrons. The third-order valence-electron chi connectivity index (χ3n) is 4.65. The van der Waals surface area contributed by atoms with Gasteiger partial charge in [0.2, 0.25) is 0 Å². The summed E-state index contributed by atoms with van der Waals surface area (Å²) >= 11 is 6.52. The van der Waals surface area contributed by atoms with E-state index in [-0.39, 0.29) is 5.91 Å². The monoisotopic (exact) mass is 489 g/mol. The number of thioether (sulfide) groups is 2. The van der Waals surface area contributed by atoms with Gasteiger partial charge < -0.3 is 9.64 Å². The van der Waals surface area contributed by atoms with Crippen molar-refractivity contribution >= 4 is 61.9 Å². The number of likely N-dealkylation sites (N-methyl/N-ethyl adjacent to an activating group) is 1. The lowest BCUT2D eigenvalue weighted by Crippen LogP contribution is -2.29. The molecule has 5 nitrogen and oxygen atoms in total. The molecule has 0 atom stereocenters. The van der Waals surface area contributed by atoms with E-state index in [0.717, 1.165) is 43.0 Å². The zero-order valence-corrected chi connectivity index (χ0v) is 19.5. The summed E-state index contributed by atoms with van der Waals surface area (Å²) in [7, 11) is 1.67. The highest BCUT2D eigenvalue weighted by Gasteiger charge is 2.39. The predicted octanol–water partition coefficient (Wildman–Crippen LogP) is 5.84. The van der Waals surface area contributed by atoms with E-state index in [1.54, 1.807) is 23.8 Å². The summed E-state index contributed by atoms with van der Waals surface area (Å²) in [6, 6.07) is 13.8. The molecule has 2 aromatic rings. The Morgan fingerprint density at radius 2 is 1.76 bits per heavy atom. The van der Waals surface area contributed by atoms with Gasteiger partial charge in [0.05, 0.1) is 18.5 Å². The molecule has 2 aliphatic heterocycles. The van der Waals surface area contributed by atoms with Gasteiger partial charge >= 0.3 is 0 Å². The number of amides is 1. The van der Waals surface area contributed by atoms with Gasteiger partial charge in [-0.15, -0.1) is 0 Å². The van der Waals surface area contributed by atoms with E-state index in [1.807, 2.05) is 49.4 Å². The fourth-order valence-corrected chi connectivity index (χ4v) is 5.90. The van der Waals surface area contributed by atoms with Crippen molar-refractivity contribution in [2.45, 2.75) is 18.7 Å². The number of ether oxygens (including phenoxy) is 1. The first-order chi connectivity index (χ1) is 14.0. The van der Waals surface area contributed by atoms with E-state index < -0.39 is 0 Å². The van der Waals surface area contributed by atoms with Gasteiger partial charge in [0.25, 0.3) is 5.91 Å². The first-order valence-electron chi connectivity index (χ1n) is 9.27. The topological polar surface area (TPSA) is 45.1 Å². The van der Waals surface area contributed by atoms with Crippen LogP contribution in [0.1, 0.15) is 13.8 Å². The lowest BCUT2D eigenvalue weighted by Gasteiger charge is -2.19. The van der Waals surface area contributed by atoms with Gasteiger partial charge in [0.15, 0.2) is 5.17 Å². The van der Waals surface area contributed by atoms with Crippen molar-refractivity contribution in [2.75, 3.05) is 25.1 Å². The van der Waals surface area contributed by atoms with Crippen molar-refractivity contribution in [2.24, 2.45) is 4.99 Å². The average molecular weight is 490 g/mol. The van der Waals surface area contributed by atoms with Crippen LogP contribution in [-0.2, 0) is 4.79 Å². The van der Waals surface area contributed by atoms with Crippen molar-refractivity contribution in [3.8, 4) is 5.75 Å². The van der Waals surface area contributed by atoms with E-state index in [9.17, 15) is 4.79 Å². The highest BCUT2D eigenvalue weighted by Crippen LogP contribution is 2.51. The van der Waals surface area contributed by atoms with E-state index in [2.05, 4.69) is 27.8 Å². The minimum atomic E-state index is 0.00841. The molecule has 4 rings (SSSR count). The van der Waals surface area contributed by atoms with Crippen LogP contribution in [0, 0.1) is 0 Å². The number of methoxy groups -OCH3 is 1. The molecule has 0 aliphatic carbocycles. The van der Waals surface area contributed by atoms with Gasteiger partial charge in [0, 0.05) is 28.5 Å². The number of anilines is 1. The second-order valence-electron chi connectivity index (χ2n) is 6.34. The van der Waals surface area contributed by atoms with Crippen LogP contribution in [-0.4, -0.2) is 36.2 Å². The summed E-state index contributed by atoms with van der Waals surface area (Å²) < 4.78 is 6.39. The Kier molecular flexibility index (Phi) is 5.94. The first kappa shape index (κ1) is 20.4. The molecule has 0 radical (unpaired) electrons. The third-order valence-corrected chi connectivity index (χ3v) is 7.56. The fourth-order valence-electron chi connectivity index (χ4n) is 3.20. The molecule has 0 bridgehead atoms. The molecule has 0 spiro atoms. The Labute approximate surface area is 187 Å². The summed E-state index contributed by atoms with van der Waals surface area (Å²) in [5, 5.41) is 1.68. The van der Waals surface area contributed by atoms with E-state index in [4.69, 9.17) is 9.73 Å². The number of aliphatic imine (C=N–C) groups is 1. The van der Waals surface area contributed by atoms with Crippen LogP contribution in [0.25, 0.3) is 0 Å². The predicted molar refractivity (Wildman–Crippen MR) is 125 cm³/mol. The van der Waals surface area contributed by atoms with Gasteiger partial charge in [-0.2, -0.15) is 0 Å². The minimum absolute atomic E-state index is 0.00841. The number of carbonyl (C=O) groups excluding carboxylic acids is 1. The Hall–Kier alpha value is -1.90. The smallest absolute Gasteiger partial charge is 0.269 e. The zero-order chi connectivity index (χ0) is 20.5. The van der Waals surface area contributed by atoms with E-state index in [1.165, 1.54) is 11.8 Å². The van der Waals surface area contributed by atoms with Crippen LogP contribution >= 0.6 is 39.5 Å². The van der Waals surface area contributed by atoms with Crippen LogP contribution in [0.4, 0.5) is 11.4 Å². The molecular formula is C21H20BrN3O2S2. The summed E-state index contributed by atoms with van der Waals surface area (Å²) in [4.78, 5) is 23.7. The summed E-state index contributed by atoms with van der Waals surface area (Å²) in [5.41, 5.74) is 1.90. The van der Waals surface area contributed by atoms with E-state index >= 15 is 0 Å². The van der Waals surface area contributed by atoms with Crippen molar-refractivity contribution < 1.29 is 9.53 Å². The molecule has 1 amide bonds. The maximum Gasteiger partial charge on any atom is 0.269 e. The van der Waals surface area contributed by atoms with Gasteiger partial charge in [-0.25, -0.2) is 4.99 Å². The second kappa shape index (κ2) is 8.45. The number of rotatable bonds is 4. The lowest BCUT2D eigenvalue weighted by molar-refractivity contribution is -0.122. The molecule has 0 saturated carbocycles. The SMILES string of the molecule is CCN1C(=O)/C(=C2\Sc3ccc(OC)cc3N2CC)SC1=Nc1ccc(Br)cc1. The average Bonchev–Trinajstić information content (AvgIpc) is 3.25. The minimum Gasteiger partial charge on any atom is -0.497 e. The Morgan fingerprint density at radius 1 is 1.03 bits per heavy atom.